The van der Waals surface area contributed by atoms with Crippen molar-refractivity contribution in [3.05, 3.63) is 0 Å². The highest BCUT2D eigenvalue weighted by Crippen LogP contribution is 2.09. The van der Waals surface area contributed by atoms with Gasteiger partial charge < -0.3 is 20.5 Å². The standard InChI is InChI=1S/C7H12N2O3/c10-6(9-7(11)12)5-2-1-3-8-4-5/h5,8H,1-4H2,(H,9,10)(H,11,12)/p-1. The monoisotopic (exact) mass is 171 g/mol. The fourth-order valence-corrected chi connectivity index (χ4v) is 1.28. The van der Waals surface area contributed by atoms with Crippen LogP contribution in [0.4, 0.5) is 4.79 Å². The second-order valence-corrected chi connectivity index (χ2v) is 2.82. The molecule has 1 saturated heterocycles. The zero-order valence-electron chi connectivity index (χ0n) is 6.63. The molecule has 1 rings (SSSR count). The van der Waals surface area contributed by atoms with Crippen molar-refractivity contribution in [2.24, 2.45) is 5.92 Å². The number of hydrogen-bond acceptors (Lipinski definition) is 4. The molecule has 0 aromatic rings. The van der Waals surface area contributed by atoms with Gasteiger partial charge in [0.15, 0.2) is 0 Å². The molecule has 12 heavy (non-hydrogen) atoms. The van der Waals surface area contributed by atoms with Gasteiger partial charge in [-0.15, -0.1) is 0 Å². The summed E-state index contributed by atoms with van der Waals surface area (Å²) in [5.41, 5.74) is 0. The maximum Gasteiger partial charge on any atom is 0.229 e. The summed E-state index contributed by atoms with van der Waals surface area (Å²) >= 11 is 0. The number of amides is 2. The zero-order valence-corrected chi connectivity index (χ0v) is 6.63. The number of imide groups is 1. The van der Waals surface area contributed by atoms with Gasteiger partial charge in [-0.25, -0.2) is 0 Å². The smallest absolute Gasteiger partial charge is 0.229 e. The Bertz CT molecular complexity index is 187. The Morgan fingerprint density at radius 1 is 1.50 bits per heavy atom. The highest BCUT2D eigenvalue weighted by Gasteiger charge is 2.20. The van der Waals surface area contributed by atoms with Crippen molar-refractivity contribution in [1.82, 2.24) is 10.6 Å². The third-order valence-electron chi connectivity index (χ3n) is 1.89. The first-order chi connectivity index (χ1) is 5.70. The number of carbonyl (C=O) groups excluding carboxylic acids is 2. The molecule has 1 unspecified atom stereocenters. The Balaban J connectivity index is 2.34. The minimum atomic E-state index is -1.52. The van der Waals surface area contributed by atoms with E-state index in [0.29, 0.717) is 6.54 Å². The maximum absolute atomic E-state index is 11.0. The summed E-state index contributed by atoms with van der Waals surface area (Å²) in [6, 6.07) is 0. The molecular weight excluding hydrogens is 160 g/mol. The van der Waals surface area contributed by atoms with Crippen molar-refractivity contribution in [3.8, 4) is 0 Å². The van der Waals surface area contributed by atoms with Crippen LogP contribution < -0.4 is 15.7 Å². The molecule has 0 aromatic carbocycles. The fourth-order valence-electron chi connectivity index (χ4n) is 1.28. The van der Waals surface area contributed by atoms with Gasteiger partial charge in [0.05, 0.1) is 5.92 Å². The second kappa shape index (κ2) is 4.06. The second-order valence-electron chi connectivity index (χ2n) is 2.82. The topological polar surface area (TPSA) is 81.3 Å². The number of carboxylic acid groups (broad SMARTS) is 1. The van der Waals surface area contributed by atoms with Crippen LogP contribution in [0.25, 0.3) is 0 Å². The minimum absolute atomic E-state index is 0.225. The molecule has 68 valence electrons. The van der Waals surface area contributed by atoms with Gasteiger partial charge in [0.2, 0.25) is 5.91 Å². The Kier molecular flexibility index (Phi) is 3.04. The van der Waals surface area contributed by atoms with Crippen molar-refractivity contribution >= 4 is 12.0 Å². The number of piperidine rings is 1. The average Bonchev–Trinajstić information content (AvgIpc) is 2.05. The van der Waals surface area contributed by atoms with E-state index in [1.54, 1.807) is 5.32 Å². The molecule has 1 atom stereocenters. The summed E-state index contributed by atoms with van der Waals surface area (Å²) in [6.45, 7) is 1.45. The molecule has 0 radical (unpaired) electrons. The summed E-state index contributed by atoms with van der Waals surface area (Å²) in [4.78, 5) is 21.0. The normalized spacial score (nSPS) is 23.2. The molecule has 1 aliphatic rings. The van der Waals surface area contributed by atoms with E-state index < -0.39 is 12.0 Å². The first-order valence-corrected chi connectivity index (χ1v) is 3.92. The van der Waals surface area contributed by atoms with Crippen molar-refractivity contribution < 1.29 is 14.7 Å². The van der Waals surface area contributed by atoms with Crippen LogP contribution in [0, 0.1) is 5.92 Å². The first-order valence-electron chi connectivity index (χ1n) is 3.92. The van der Waals surface area contributed by atoms with Crippen LogP contribution in [0.5, 0.6) is 0 Å². The van der Waals surface area contributed by atoms with Crippen LogP contribution in [-0.4, -0.2) is 25.1 Å². The molecule has 2 N–H and O–H groups in total. The molecule has 0 aliphatic carbocycles. The van der Waals surface area contributed by atoms with E-state index in [0.717, 1.165) is 19.4 Å². The first kappa shape index (κ1) is 8.99. The van der Waals surface area contributed by atoms with Crippen molar-refractivity contribution in [1.29, 1.82) is 0 Å². The van der Waals surface area contributed by atoms with Crippen LogP contribution in [0.1, 0.15) is 12.8 Å². The molecule has 2 amide bonds. The van der Waals surface area contributed by atoms with E-state index in [1.165, 1.54) is 0 Å². The molecule has 1 aliphatic heterocycles. The molecule has 0 aromatic heterocycles. The van der Waals surface area contributed by atoms with E-state index in [2.05, 4.69) is 5.32 Å². The Morgan fingerprint density at radius 3 is 2.75 bits per heavy atom. The SMILES string of the molecule is O=C([O-])NC(=O)C1CCCNC1. The van der Waals surface area contributed by atoms with Gasteiger partial charge in [0.25, 0.3) is 0 Å². The van der Waals surface area contributed by atoms with Crippen molar-refractivity contribution in [3.63, 3.8) is 0 Å². The largest absolute Gasteiger partial charge is 0.530 e. The van der Waals surface area contributed by atoms with Gasteiger partial charge in [0, 0.05) is 6.54 Å². The van der Waals surface area contributed by atoms with E-state index in [-0.39, 0.29) is 5.92 Å². The third-order valence-corrected chi connectivity index (χ3v) is 1.89. The van der Waals surface area contributed by atoms with Gasteiger partial charge in [-0.2, -0.15) is 0 Å². The van der Waals surface area contributed by atoms with Gasteiger partial charge >= 0.3 is 0 Å². The quantitative estimate of drug-likeness (QED) is 0.500. The van der Waals surface area contributed by atoms with E-state index in [9.17, 15) is 14.7 Å². The lowest BCUT2D eigenvalue weighted by atomic mass is 9.99. The predicted molar refractivity (Wildman–Crippen MR) is 39.1 cm³/mol. The van der Waals surface area contributed by atoms with E-state index in [4.69, 9.17) is 0 Å². The lowest BCUT2D eigenvalue weighted by Gasteiger charge is -2.21. The van der Waals surface area contributed by atoms with Crippen molar-refractivity contribution in [2.45, 2.75) is 12.8 Å². The molecule has 5 heteroatoms. The Hall–Kier alpha value is -1.10. The highest BCUT2D eigenvalue weighted by molar-refractivity contribution is 5.91. The number of hydrogen-bond donors (Lipinski definition) is 2. The summed E-state index contributed by atoms with van der Waals surface area (Å²) < 4.78 is 0. The summed E-state index contributed by atoms with van der Waals surface area (Å²) in [7, 11) is 0. The minimum Gasteiger partial charge on any atom is -0.530 e. The molecule has 1 fully saturated rings. The van der Waals surface area contributed by atoms with Crippen LogP contribution in [0.2, 0.25) is 0 Å². The van der Waals surface area contributed by atoms with E-state index >= 15 is 0 Å². The average molecular weight is 171 g/mol. The van der Waals surface area contributed by atoms with Crippen LogP contribution in [0.3, 0.4) is 0 Å². The summed E-state index contributed by atoms with van der Waals surface area (Å²) in [6.07, 6.45) is 0.127. The Labute approximate surface area is 70.1 Å². The fraction of sp³-hybridized carbons (Fsp3) is 0.714. The van der Waals surface area contributed by atoms with Crippen LogP contribution in [-0.2, 0) is 4.79 Å². The lowest BCUT2D eigenvalue weighted by Crippen LogP contribution is -2.47. The van der Waals surface area contributed by atoms with E-state index in [1.807, 2.05) is 0 Å². The zero-order chi connectivity index (χ0) is 8.97. The van der Waals surface area contributed by atoms with Crippen LogP contribution >= 0.6 is 0 Å². The van der Waals surface area contributed by atoms with Crippen LogP contribution in [0.15, 0.2) is 0 Å². The summed E-state index contributed by atoms with van der Waals surface area (Å²) in [5, 5.41) is 14.7. The third kappa shape index (κ3) is 2.50. The Morgan fingerprint density at radius 2 is 2.25 bits per heavy atom. The highest BCUT2D eigenvalue weighted by atomic mass is 16.4. The number of carbonyl (C=O) groups is 2. The van der Waals surface area contributed by atoms with Gasteiger partial charge in [-0.1, -0.05) is 0 Å². The molecule has 5 nitrogen and oxygen atoms in total. The van der Waals surface area contributed by atoms with Gasteiger partial charge in [0.1, 0.15) is 6.09 Å². The maximum atomic E-state index is 11.0. The summed E-state index contributed by atoms with van der Waals surface area (Å²) in [5.74, 6) is -0.682. The van der Waals surface area contributed by atoms with Gasteiger partial charge in [-0.05, 0) is 19.4 Å². The molecule has 0 saturated carbocycles. The molecular formula is C7H11N2O3-. The predicted octanol–water partition coefficient (Wildman–Crippen LogP) is -1.55. The van der Waals surface area contributed by atoms with Crippen molar-refractivity contribution in [2.75, 3.05) is 13.1 Å². The molecule has 0 bridgehead atoms. The number of nitrogens with one attached hydrogen (secondary N) is 2. The lowest BCUT2D eigenvalue weighted by molar-refractivity contribution is -0.250. The number of rotatable bonds is 1. The molecule has 1 heterocycles. The molecule has 0 spiro atoms. The van der Waals surface area contributed by atoms with Gasteiger partial charge in [-0.3, -0.25) is 4.79 Å².